The summed E-state index contributed by atoms with van der Waals surface area (Å²) in [6.45, 7) is 0. The fourth-order valence-corrected chi connectivity index (χ4v) is 4.01. The van der Waals surface area contributed by atoms with Gasteiger partial charge in [0.1, 0.15) is 0 Å². The Balaban J connectivity index is 1.85. The van der Waals surface area contributed by atoms with Crippen LogP contribution in [-0.4, -0.2) is 10.9 Å². The second kappa shape index (κ2) is 7.50. The lowest BCUT2D eigenvalue weighted by atomic mass is 10.1. The van der Waals surface area contributed by atoms with Crippen molar-refractivity contribution in [2.75, 3.05) is 4.90 Å². The van der Waals surface area contributed by atoms with E-state index in [-0.39, 0.29) is 5.56 Å². The molecule has 0 fully saturated rings. The number of amides is 1. The van der Waals surface area contributed by atoms with Crippen LogP contribution in [0.2, 0.25) is 5.02 Å². The molecule has 3 aromatic carbocycles. The van der Waals surface area contributed by atoms with Gasteiger partial charge in [-0.3, -0.25) is 9.69 Å². The van der Waals surface area contributed by atoms with Gasteiger partial charge in [-0.05, 0) is 48.5 Å². The summed E-state index contributed by atoms with van der Waals surface area (Å²) >= 11 is 7.35. The average molecular weight is 433 g/mol. The van der Waals surface area contributed by atoms with Crippen molar-refractivity contribution in [3.05, 3.63) is 88.9 Å². The quantitative estimate of drug-likeness (QED) is 0.351. The van der Waals surface area contributed by atoms with E-state index < -0.39 is 17.6 Å². The van der Waals surface area contributed by atoms with Crippen LogP contribution >= 0.6 is 22.9 Å². The zero-order valence-corrected chi connectivity index (χ0v) is 16.2. The number of nitrogens with zero attached hydrogens (tertiary/aromatic N) is 2. The first-order valence-corrected chi connectivity index (χ1v) is 9.65. The Morgan fingerprint density at radius 3 is 2.45 bits per heavy atom. The number of carbonyl (C=O) groups is 1. The minimum atomic E-state index is -4.55. The fourth-order valence-electron chi connectivity index (χ4n) is 2.84. The summed E-state index contributed by atoms with van der Waals surface area (Å²) in [6, 6.07) is 18.2. The van der Waals surface area contributed by atoms with Crippen molar-refractivity contribution in [1.29, 1.82) is 0 Å². The Morgan fingerprint density at radius 1 is 0.966 bits per heavy atom. The molecular weight excluding hydrogens is 421 g/mol. The van der Waals surface area contributed by atoms with Gasteiger partial charge in [-0.2, -0.15) is 13.2 Å². The van der Waals surface area contributed by atoms with Crippen LogP contribution in [-0.2, 0) is 6.18 Å². The minimum absolute atomic E-state index is 0.0981. The van der Waals surface area contributed by atoms with Gasteiger partial charge >= 0.3 is 6.18 Å². The number of benzene rings is 3. The Kier molecular flexibility index (Phi) is 5.02. The molecule has 146 valence electrons. The molecule has 1 aromatic heterocycles. The van der Waals surface area contributed by atoms with Gasteiger partial charge in [0.2, 0.25) is 0 Å². The third kappa shape index (κ3) is 3.97. The second-order valence-electron chi connectivity index (χ2n) is 6.16. The molecule has 0 bridgehead atoms. The maximum Gasteiger partial charge on any atom is 0.416 e. The number of halogens is 4. The van der Waals surface area contributed by atoms with Gasteiger partial charge in [0, 0.05) is 10.6 Å². The van der Waals surface area contributed by atoms with E-state index in [4.69, 9.17) is 11.6 Å². The second-order valence-corrected chi connectivity index (χ2v) is 7.61. The maximum absolute atomic E-state index is 13.3. The average Bonchev–Trinajstić information content (AvgIpc) is 3.11. The molecule has 0 N–H and O–H groups in total. The normalized spacial score (nSPS) is 11.6. The van der Waals surface area contributed by atoms with Gasteiger partial charge in [-0.25, -0.2) is 4.98 Å². The predicted octanol–water partition coefficient (Wildman–Crippen LogP) is 6.95. The molecule has 4 aromatic rings. The van der Waals surface area contributed by atoms with Crippen LogP contribution in [0, 0.1) is 0 Å². The first-order chi connectivity index (χ1) is 13.8. The zero-order valence-electron chi connectivity index (χ0n) is 14.7. The van der Waals surface area contributed by atoms with Crippen molar-refractivity contribution in [3.8, 4) is 0 Å². The third-order valence-electron chi connectivity index (χ3n) is 4.18. The van der Waals surface area contributed by atoms with Crippen molar-refractivity contribution >= 4 is 49.9 Å². The van der Waals surface area contributed by atoms with E-state index in [1.54, 1.807) is 30.3 Å². The molecule has 0 aliphatic heterocycles. The largest absolute Gasteiger partial charge is 0.416 e. The molecule has 3 nitrogen and oxygen atoms in total. The van der Waals surface area contributed by atoms with Crippen LogP contribution < -0.4 is 4.90 Å². The van der Waals surface area contributed by atoms with Crippen molar-refractivity contribution in [2.24, 2.45) is 0 Å². The molecule has 0 saturated heterocycles. The minimum Gasteiger partial charge on any atom is -0.268 e. The van der Waals surface area contributed by atoms with E-state index in [2.05, 4.69) is 4.98 Å². The number of anilines is 2. The summed E-state index contributed by atoms with van der Waals surface area (Å²) in [5, 5.41) is 0.737. The highest BCUT2D eigenvalue weighted by atomic mass is 35.5. The van der Waals surface area contributed by atoms with E-state index >= 15 is 0 Å². The van der Waals surface area contributed by atoms with Gasteiger partial charge < -0.3 is 0 Å². The highest BCUT2D eigenvalue weighted by Gasteiger charge is 2.32. The van der Waals surface area contributed by atoms with Crippen LogP contribution in [0.25, 0.3) is 10.2 Å². The molecule has 0 atom stereocenters. The first kappa shape index (κ1) is 19.4. The number of hydrogen-bond donors (Lipinski definition) is 0. The molecule has 8 heteroatoms. The van der Waals surface area contributed by atoms with Crippen LogP contribution in [0.3, 0.4) is 0 Å². The molecule has 1 amide bonds. The fraction of sp³-hybridized carbons (Fsp3) is 0.0476. The standard InChI is InChI=1S/C21H12ClF3N2OS/c22-15-7-4-8-16(12-15)27(20-26-17-9-1-2-10-18(17)29-20)19(28)13-5-3-6-14(11-13)21(23,24)25/h1-12H. The summed E-state index contributed by atoms with van der Waals surface area (Å²) < 4.78 is 40.2. The summed E-state index contributed by atoms with van der Waals surface area (Å²) in [5.41, 5.74) is 0.119. The topological polar surface area (TPSA) is 33.2 Å². The predicted molar refractivity (Wildman–Crippen MR) is 109 cm³/mol. The number of thiazole rings is 1. The van der Waals surface area contributed by atoms with Crippen molar-refractivity contribution in [1.82, 2.24) is 4.98 Å². The molecular formula is C21H12ClF3N2OS. The van der Waals surface area contributed by atoms with Crippen LogP contribution in [0.15, 0.2) is 72.8 Å². The Hall–Kier alpha value is -2.90. The van der Waals surface area contributed by atoms with Crippen LogP contribution in [0.1, 0.15) is 15.9 Å². The van der Waals surface area contributed by atoms with Crippen molar-refractivity contribution < 1.29 is 18.0 Å². The number of hydrogen-bond acceptors (Lipinski definition) is 3. The Bertz CT molecular complexity index is 1170. The third-order valence-corrected chi connectivity index (χ3v) is 5.44. The van der Waals surface area contributed by atoms with Gasteiger partial charge in [-0.15, -0.1) is 0 Å². The molecule has 29 heavy (non-hydrogen) atoms. The molecule has 4 rings (SSSR count). The van der Waals surface area contributed by atoms with E-state index in [9.17, 15) is 18.0 Å². The number of aromatic nitrogens is 1. The lowest BCUT2D eigenvalue weighted by Gasteiger charge is -2.21. The summed E-state index contributed by atoms with van der Waals surface area (Å²) in [6.07, 6.45) is -4.55. The zero-order chi connectivity index (χ0) is 20.6. The van der Waals surface area contributed by atoms with E-state index in [1.165, 1.54) is 28.4 Å². The number of fused-ring (bicyclic) bond motifs is 1. The van der Waals surface area contributed by atoms with Crippen LogP contribution in [0.4, 0.5) is 24.0 Å². The SMILES string of the molecule is O=C(c1cccc(C(F)(F)F)c1)N(c1cccc(Cl)c1)c1nc2ccccc2s1. The summed E-state index contributed by atoms with van der Waals surface area (Å²) in [5.74, 6) is -0.627. The molecule has 0 spiro atoms. The van der Waals surface area contributed by atoms with Crippen molar-refractivity contribution in [3.63, 3.8) is 0 Å². The van der Waals surface area contributed by atoms with E-state index in [0.29, 0.717) is 21.4 Å². The smallest absolute Gasteiger partial charge is 0.268 e. The molecule has 0 aliphatic rings. The Labute approximate surface area is 173 Å². The monoisotopic (exact) mass is 432 g/mol. The Morgan fingerprint density at radius 2 is 1.72 bits per heavy atom. The molecule has 0 unspecified atom stereocenters. The number of alkyl halides is 3. The summed E-state index contributed by atoms with van der Waals surface area (Å²) in [4.78, 5) is 19.1. The van der Waals surface area contributed by atoms with Gasteiger partial charge in [0.25, 0.3) is 5.91 Å². The van der Waals surface area contributed by atoms with Gasteiger partial charge in [0.15, 0.2) is 5.13 Å². The van der Waals surface area contributed by atoms with Gasteiger partial charge in [0.05, 0.1) is 21.5 Å². The number of rotatable bonds is 3. The first-order valence-electron chi connectivity index (χ1n) is 8.46. The molecule has 0 aliphatic carbocycles. The van der Waals surface area contributed by atoms with Crippen LogP contribution in [0.5, 0.6) is 0 Å². The summed E-state index contributed by atoms with van der Waals surface area (Å²) in [7, 11) is 0. The van der Waals surface area contributed by atoms with E-state index in [1.807, 2.05) is 18.2 Å². The molecule has 1 heterocycles. The van der Waals surface area contributed by atoms with E-state index in [0.717, 1.165) is 16.8 Å². The number of para-hydroxylation sites is 1. The molecule has 0 radical (unpaired) electrons. The molecule has 0 saturated carbocycles. The van der Waals surface area contributed by atoms with Crippen molar-refractivity contribution in [2.45, 2.75) is 6.18 Å². The lowest BCUT2D eigenvalue weighted by molar-refractivity contribution is -0.137. The highest BCUT2D eigenvalue weighted by Crippen LogP contribution is 2.36. The maximum atomic E-state index is 13.3. The number of carbonyl (C=O) groups excluding carboxylic acids is 1. The van der Waals surface area contributed by atoms with Gasteiger partial charge in [-0.1, -0.05) is 47.2 Å². The highest BCUT2D eigenvalue weighted by molar-refractivity contribution is 7.22. The lowest BCUT2D eigenvalue weighted by Crippen LogP contribution is -2.26.